The van der Waals surface area contributed by atoms with Gasteiger partial charge in [0.05, 0.1) is 9.79 Å². The fourth-order valence-electron chi connectivity index (χ4n) is 3.12. The molecule has 0 radical (unpaired) electrons. The van der Waals surface area contributed by atoms with Crippen molar-refractivity contribution in [3.8, 4) is 0 Å². The molecule has 0 aliphatic carbocycles. The van der Waals surface area contributed by atoms with Crippen LogP contribution < -0.4 is 5.73 Å². The first-order chi connectivity index (χ1) is 18.4. The molecule has 1 unspecified atom stereocenters. The van der Waals surface area contributed by atoms with Crippen LogP contribution in [0.1, 0.15) is 41.5 Å². The lowest BCUT2D eigenvalue weighted by Crippen LogP contribution is -2.51. The molecule has 2 aromatic carbocycles. The van der Waals surface area contributed by atoms with E-state index in [2.05, 4.69) is 0 Å². The largest absolute Gasteiger partial charge is 0.459 e. The molecular weight excluding hydrogens is 597 g/mol. The van der Waals surface area contributed by atoms with Gasteiger partial charge in [-0.15, -0.1) is 0 Å². The Hall–Kier alpha value is -2.10. The highest BCUT2D eigenvalue weighted by Gasteiger charge is 2.47. The predicted molar refractivity (Wildman–Crippen MR) is 157 cm³/mol. The summed E-state index contributed by atoms with van der Waals surface area (Å²) in [5.41, 5.74) is 4.17. The molecule has 0 bridgehead atoms. The number of esters is 2. The van der Waals surface area contributed by atoms with Gasteiger partial charge < -0.3 is 15.2 Å². The Morgan fingerprint density at radius 3 is 1.50 bits per heavy atom. The Labute approximate surface area is 244 Å². The first kappa shape index (κ1) is 34.1. The maximum absolute atomic E-state index is 13.9. The molecule has 0 aromatic heterocycles. The number of hydrogen-bond donors (Lipinski definition) is 1. The van der Waals surface area contributed by atoms with Crippen LogP contribution in [0.25, 0.3) is 0 Å². The van der Waals surface area contributed by atoms with Crippen LogP contribution in [0.15, 0.2) is 70.5 Å². The lowest BCUT2D eigenvalue weighted by Gasteiger charge is -2.31. The molecule has 40 heavy (non-hydrogen) atoms. The molecule has 222 valence electrons. The number of ether oxygens (including phenoxy) is 2. The van der Waals surface area contributed by atoms with Crippen LogP contribution in [0.3, 0.4) is 0 Å². The summed E-state index contributed by atoms with van der Waals surface area (Å²) in [4.78, 5) is 25.0. The van der Waals surface area contributed by atoms with E-state index in [0.717, 1.165) is 21.6 Å². The number of carbonyl (C=O) groups is 2. The molecule has 2 rings (SSSR count). The van der Waals surface area contributed by atoms with E-state index < -0.39 is 55.3 Å². The molecule has 0 amide bonds. The van der Waals surface area contributed by atoms with E-state index >= 15 is 0 Å². The highest BCUT2D eigenvalue weighted by Crippen LogP contribution is 2.32. The Balaban J connectivity index is 2.49. The zero-order valence-electron chi connectivity index (χ0n) is 23.3. The van der Waals surface area contributed by atoms with Crippen LogP contribution in [-0.4, -0.2) is 67.3 Å². The number of rotatable bonds is 12. The molecule has 2 aromatic rings. The number of sulfonamides is 2. The monoisotopic (exact) mass is 632 g/mol. The van der Waals surface area contributed by atoms with Crippen LogP contribution in [0.4, 0.5) is 0 Å². The van der Waals surface area contributed by atoms with Gasteiger partial charge in [-0.05, 0) is 65.8 Å². The summed E-state index contributed by atoms with van der Waals surface area (Å²) in [6.07, 6.45) is 0. The van der Waals surface area contributed by atoms with Crippen LogP contribution in [0.5, 0.6) is 0 Å². The van der Waals surface area contributed by atoms with Gasteiger partial charge in [0.15, 0.2) is 0 Å². The average Bonchev–Trinajstić information content (AvgIpc) is 2.84. The minimum Gasteiger partial charge on any atom is -0.459 e. The van der Waals surface area contributed by atoms with Crippen molar-refractivity contribution in [1.29, 1.82) is 0 Å². The van der Waals surface area contributed by atoms with Gasteiger partial charge in [0, 0.05) is 11.5 Å². The van der Waals surface area contributed by atoms with E-state index in [1.54, 1.807) is 53.7 Å². The number of benzene rings is 2. The van der Waals surface area contributed by atoms with E-state index in [-0.39, 0.29) is 25.0 Å². The van der Waals surface area contributed by atoms with Crippen molar-refractivity contribution in [3.05, 3.63) is 60.7 Å². The molecule has 0 fully saturated rings. The number of nitrogens with two attached hydrogens (primary N) is 1. The third-order valence-corrected chi connectivity index (χ3v) is 11.6. The van der Waals surface area contributed by atoms with Crippen molar-refractivity contribution in [3.63, 3.8) is 0 Å². The maximum atomic E-state index is 13.9. The maximum Gasteiger partial charge on any atom is 0.327 e. The summed E-state index contributed by atoms with van der Waals surface area (Å²) in [5.74, 6) is -1.92. The molecule has 2 atom stereocenters. The van der Waals surface area contributed by atoms with Crippen LogP contribution in [-0.2, 0) is 39.1 Å². The van der Waals surface area contributed by atoms with E-state index in [9.17, 15) is 26.4 Å². The van der Waals surface area contributed by atoms with Gasteiger partial charge in [-0.1, -0.05) is 61.7 Å². The van der Waals surface area contributed by atoms with Gasteiger partial charge in [-0.2, -0.15) is 0 Å². The zero-order valence-corrected chi connectivity index (χ0v) is 26.5. The first-order valence-corrected chi connectivity index (χ1v) is 17.6. The number of carbonyl (C=O) groups excluding carboxylic acids is 2. The predicted octanol–water partition coefficient (Wildman–Crippen LogP) is 3.83. The fourth-order valence-corrected chi connectivity index (χ4v) is 9.56. The molecule has 0 aliphatic rings. The van der Waals surface area contributed by atoms with Gasteiger partial charge in [-0.3, -0.25) is 9.59 Å². The topological polar surface area (TPSA) is 150 Å². The second-order valence-electron chi connectivity index (χ2n) is 10.6. The van der Waals surface area contributed by atoms with Crippen LogP contribution in [0.2, 0.25) is 0 Å². The van der Waals surface area contributed by atoms with Crippen molar-refractivity contribution in [2.75, 3.05) is 11.5 Å². The highest BCUT2D eigenvalue weighted by atomic mass is 33.1. The molecule has 10 nitrogen and oxygen atoms in total. The Bertz CT molecular complexity index is 1290. The van der Waals surface area contributed by atoms with Crippen molar-refractivity contribution in [2.24, 2.45) is 5.73 Å². The van der Waals surface area contributed by atoms with Crippen molar-refractivity contribution in [1.82, 2.24) is 3.71 Å². The fraction of sp³-hybridized carbons (Fsp3) is 0.462. The SMILES string of the molecule is CC(C)(C)OC(=O)C(N)CSSC[C@@H](C(=O)OC(C)(C)C)N(S(=O)(=O)c1ccccc1)S(=O)(=O)c1ccccc1. The summed E-state index contributed by atoms with van der Waals surface area (Å²) in [7, 11) is -7.48. The molecule has 2 N–H and O–H groups in total. The minimum atomic E-state index is -4.77. The second kappa shape index (κ2) is 13.7. The van der Waals surface area contributed by atoms with Gasteiger partial charge in [0.1, 0.15) is 23.3 Å². The molecule has 0 saturated heterocycles. The summed E-state index contributed by atoms with van der Waals surface area (Å²) < 4.78 is 66.4. The Morgan fingerprint density at radius 2 is 1.10 bits per heavy atom. The van der Waals surface area contributed by atoms with Gasteiger partial charge in [0.2, 0.25) is 0 Å². The summed E-state index contributed by atoms with van der Waals surface area (Å²) in [6.45, 7) is 9.89. The van der Waals surface area contributed by atoms with Crippen molar-refractivity contribution < 1.29 is 35.9 Å². The van der Waals surface area contributed by atoms with E-state index in [1.807, 2.05) is 0 Å². The van der Waals surface area contributed by atoms with Gasteiger partial charge in [0.25, 0.3) is 20.0 Å². The quantitative estimate of drug-likeness (QED) is 0.207. The molecule has 0 saturated carbocycles. The van der Waals surface area contributed by atoms with E-state index in [0.29, 0.717) is 0 Å². The van der Waals surface area contributed by atoms with Crippen LogP contribution in [0, 0.1) is 0 Å². The summed E-state index contributed by atoms with van der Waals surface area (Å²) in [5, 5.41) is 0. The number of hydrogen-bond acceptors (Lipinski definition) is 11. The molecule has 14 heteroatoms. The minimum absolute atomic E-state index is 0.0670. The Kier molecular flexibility index (Phi) is 11.7. The van der Waals surface area contributed by atoms with Gasteiger partial charge in [-0.25, -0.2) is 16.8 Å². The normalized spacial score (nSPS) is 14.4. The lowest BCUT2D eigenvalue weighted by molar-refractivity contribution is -0.158. The summed E-state index contributed by atoms with van der Waals surface area (Å²) >= 11 is 0. The van der Waals surface area contributed by atoms with E-state index in [4.69, 9.17) is 15.2 Å². The first-order valence-electron chi connectivity index (χ1n) is 12.2. The molecule has 0 aliphatic heterocycles. The van der Waals surface area contributed by atoms with Crippen LogP contribution >= 0.6 is 21.6 Å². The third-order valence-electron chi connectivity index (χ3n) is 4.76. The lowest BCUT2D eigenvalue weighted by atomic mass is 10.2. The van der Waals surface area contributed by atoms with Crippen molar-refractivity contribution >= 4 is 53.6 Å². The standard InChI is InChI=1S/C26H36N2O8S4/c1-25(2,3)35-23(29)21(27)17-37-38-18-22(24(30)36-26(4,5)6)28(39(31,32)19-13-9-7-10-14-19)40(33,34)20-15-11-8-12-16-20/h7-16,21-22H,17-18,27H2,1-6H3/t21?,22-/m0/s1. The third kappa shape index (κ3) is 9.77. The van der Waals surface area contributed by atoms with E-state index in [1.165, 1.54) is 48.5 Å². The molecular formula is C26H36N2O8S4. The summed E-state index contributed by atoms with van der Waals surface area (Å²) in [6, 6.07) is 11.2. The molecule has 0 heterocycles. The van der Waals surface area contributed by atoms with Crippen molar-refractivity contribution in [2.45, 2.75) is 74.6 Å². The number of nitrogens with zero attached hydrogens (tertiary/aromatic N) is 1. The molecule has 0 spiro atoms. The highest BCUT2D eigenvalue weighted by molar-refractivity contribution is 8.76. The second-order valence-corrected chi connectivity index (χ2v) is 17.0. The average molecular weight is 633 g/mol. The van der Waals surface area contributed by atoms with Gasteiger partial charge >= 0.3 is 11.9 Å². The Morgan fingerprint density at radius 1 is 0.725 bits per heavy atom. The zero-order chi connectivity index (χ0) is 30.4. The smallest absolute Gasteiger partial charge is 0.327 e.